The SMILES string of the molecule is CCOCCn1c(=O)c2c(nc3n(-c4ccc(OC)cc4OC)c(-c4ccccc4)cn23)n(C)c1=O. The lowest BCUT2D eigenvalue weighted by atomic mass is 10.1. The summed E-state index contributed by atoms with van der Waals surface area (Å²) in [6.45, 7) is 2.78. The summed E-state index contributed by atoms with van der Waals surface area (Å²) in [6, 6.07) is 15.3. The second-order valence-corrected chi connectivity index (χ2v) is 8.20. The molecule has 10 heteroatoms. The number of hydrogen-bond acceptors (Lipinski definition) is 6. The Morgan fingerprint density at radius 1 is 1.00 bits per heavy atom. The summed E-state index contributed by atoms with van der Waals surface area (Å²) in [4.78, 5) is 31.3. The summed E-state index contributed by atoms with van der Waals surface area (Å²) in [7, 11) is 4.80. The smallest absolute Gasteiger partial charge is 0.332 e. The molecule has 36 heavy (non-hydrogen) atoms. The molecule has 0 bridgehead atoms. The number of fused-ring (bicyclic) bond motifs is 3. The van der Waals surface area contributed by atoms with Crippen molar-refractivity contribution < 1.29 is 14.2 Å². The third kappa shape index (κ3) is 3.66. The highest BCUT2D eigenvalue weighted by molar-refractivity contribution is 5.80. The van der Waals surface area contributed by atoms with Crippen LogP contribution >= 0.6 is 0 Å². The average molecular weight is 490 g/mol. The maximum Gasteiger partial charge on any atom is 0.332 e. The van der Waals surface area contributed by atoms with Crippen molar-refractivity contribution in [1.82, 2.24) is 23.1 Å². The third-order valence-corrected chi connectivity index (χ3v) is 6.21. The quantitative estimate of drug-likeness (QED) is 0.311. The summed E-state index contributed by atoms with van der Waals surface area (Å²) in [5, 5.41) is 0. The molecule has 0 radical (unpaired) electrons. The molecule has 3 heterocycles. The van der Waals surface area contributed by atoms with Crippen LogP contribution in [0, 0.1) is 0 Å². The molecule has 0 aliphatic heterocycles. The van der Waals surface area contributed by atoms with Crippen LogP contribution in [0.4, 0.5) is 0 Å². The van der Waals surface area contributed by atoms with Gasteiger partial charge in [-0.05, 0) is 19.1 Å². The molecule has 0 saturated carbocycles. The van der Waals surface area contributed by atoms with Crippen LogP contribution in [0.3, 0.4) is 0 Å². The van der Waals surface area contributed by atoms with E-state index < -0.39 is 11.2 Å². The first-order valence-electron chi connectivity index (χ1n) is 11.6. The number of rotatable bonds is 8. The van der Waals surface area contributed by atoms with Gasteiger partial charge in [-0.3, -0.25) is 22.9 Å². The molecule has 2 aromatic carbocycles. The second kappa shape index (κ2) is 9.38. The Morgan fingerprint density at radius 3 is 2.47 bits per heavy atom. The van der Waals surface area contributed by atoms with Gasteiger partial charge in [-0.2, -0.15) is 4.98 Å². The van der Waals surface area contributed by atoms with E-state index in [1.165, 1.54) is 9.13 Å². The van der Waals surface area contributed by atoms with Gasteiger partial charge < -0.3 is 14.2 Å². The number of nitrogens with zero attached hydrogens (tertiary/aromatic N) is 5. The highest BCUT2D eigenvalue weighted by atomic mass is 16.5. The Labute approximate surface area is 206 Å². The predicted molar refractivity (Wildman–Crippen MR) is 137 cm³/mol. The van der Waals surface area contributed by atoms with Crippen molar-refractivity contribution in [1.29, 1.82) is 0 Å². The summed E-state index contributed by atoms with van der Waals surface area (Å²) in [5.74, 6) is 1.69. The molecule has 0 unspecified atom stereocenters. The van der Waals surface area contributed by atoms with E-state index in [1.54, 1.807) is 31.7 Å². The number of benzene rings is 2. The molecule has 10 nitrogen and oxygen atoms in total. The van der Waals surface area contributed by atoms with Crippen molar-refractivity contribution in [3.63, 3.8) is 0 Å². The van der Waals surface area contributed by atoms with Gasteiger partial charge in [0, 0.05) is 31.5 Å². The van der Waals surface area contributed by atoms with Crippen molar-refractivity contribution >= 4 is 16.9 Å². The van der Waals surface area contributed by atoms with Crippen LogP contribution in [-0.4, -0.2) is 50.5 Å². The fourth-order valence-corrected chi connectivity index (χ4v) is 4.41. The largest absolute Gasteiger partial charge is 0.497 e. The molecule has 5 aromatic rings. The summed E-state index contributed by atoms with van der Waals surface area (Å²) in [6.07, 6.45) is 1.86. The zero-order chi connectivity index (χ0) is 25.4. The molecule has 0 saturated heterocycles. The van der Waals surface area contributed by atoms with Crippen LogP contribution < -0.4 is 20.7 Å². The Balaban J connectivity index is 1.87. The highest BCUT2D eigenvalue weighted by Crippen LogP contribution is 2.34. The van der Waals surface area contributed by atoms with Crippen molar-refractivity contribution in [3.05, 3.63) is 75.6 Å². The van der Waals surface area contributed by atoms with E-state index >= 15 is 0 Å². The molecule has 5 rings (SSSR count). The maximum atomic E-state index is 13.6. The Bertz CT molecular complexity index is 1680. The summed E-state index contributed by atoms with van der Waals surface area (Å²) < 4.78 is 22.7. The number of aryl methyl sites for hydroxylation is 1. The monoisotopic (exact) mass is 489 g/mol. The molecule has 0 N–H and O–H groups in total. The van der Waals surface area contributed by atoms with Crippen molar-refractivity contribution in [2.45, 2.75) is 13.5 Å². The van der Waals surface area contributed by atoms with Gasteiger partial charge in [-0.15, -0.1) is 0 Å². The third-order valence-electron chi connectivity index (χ3n) is 6.21. The first kappa shape index (κ1) is 23.4. The van der Waals surface area contributed by atoms with Gasteiger partial charge in [-0.25, -0.2) is 4.79 Å². The first-order valence-corrected chi connectivity index (χ1v) is 11.6. The fraction of sp³-hybridized carbons (Fsp3) is 0.269. The van der Waals surface area contributed by atoms with E-state index in [9.17, 15) is 9.59 Å². The molecule has 0 amide bonds. The van der Waals surface area contributed by atoms with Crippen molar-refractivity contribution in [2.24, 2.45) is 7.05 Å². The minimum atomic E-state index is -0.440. The van der Waals surface area contributed by atoms with Crippen molar-refractivity contribution in [2.75, 3.05) is 27.4 Å². The first-order chi connectivity index (χ1) is 17.5. The zero-order valence-electron chi connectivity index (χ0n) is 20.6. The van der Waals surface area contributed by atoms with Gasteiger partial charge in [0.1, 0.15) is 11.5 Å². The van der Waals surface area contributed by atoms with Gasteiger partial charge in [0.05, 0.1) is 38.8 Å². The molecule has 186 valence electrons. The Hall–Kier alpha value is -4.31. The van der Waals surface area contributed by atoms with Crippen LogP contribution in [0.25, 0.3) is 33.9 Å². The van der Waals surface area contributed by atoms with Gasteiger partial charge in [0.15, 0.2) is 11.2 Å². The van der Waals surface area contributed by atoms with Crippen LogP contribution in [-0.2, 0) is 18.3 Å². The molecule has 3 aromatic heterocycles. The maximum absolute atomic E-state index is 13.6. The van der Waals surface area contributed by atoms with Crippen LogP contribution in [0.15, 0.2) is 64.3 Å². The van der Waals surface area contributed by atoms with Gasteiger partial charge >= 0.3 is 5.69 Å². The zero-order valence-corrected chi connectivity index (χ0v) is 20.6. The summed E-state index contributed by atoms with van der Waals surface area (Å²) in [5.41, 5.74) is 2.20. The van der Waals surface area contributed by atoms with E-state index in [0.717, 1.165) is 11.3 Å². The van der Waals surface area contributed by atoms with E-state index in [0.29, 0.717) is 40.7 Å². The lowest BCUT2D eigenvalue weighted by molar-refractivity contribution is 0.137. The number of ether oxygens (including phenoxy) is 3. The summed E-state index contributed by atoms with van der Waals surface area (Å²) >= 11 is 0. The van der Waals surface area contributed by atoms with Gasteiger partial charge in [-0.1, -0.05) is 30.3 Å². The molecule has 0 spiro atoms. The number of hydrogen-bond donors (Lipinski definition) is 0. The number of imidazole rings is 2. The van der Waals surface area contributed by atoms with E-state index in [4.69, 9.17) is 19.2 Å². The minimum Gasteiger partial charge on any atom is -0.497 e. The molecule has 0 aliphatic rings. The van der Waals surface area contributed by atoms with Gasteiger partial charge in [0.25, 0.3) is 5.56 Å². The lowest BCUT2D eigenvalue weighted by Gasteiger charge is -2.14. The van der Waals surface area contributed by atoms with Crippen LogP contribution in [0.5, 0.6) is 11.5 Å². The highest BCUT2D eigenvalue weighted by Gasteiger charge is 2.24. The molecular formula is C26H27N5O5. The molecule has 0 fully saturated rings. The molecule has 0 aliphatic carbocycles. The number of aromatic nitrogens is 5. The van der Waals surface area contributed by atoms with E-state index in [2.05, 4.69) is 0 Å². The van der Waals surface area contributed by atoms with Crippen LogP contribution in [0.1, 0.15) is 6.92 Å². The predicted octanol–water partition coefficient (Wildman–Crippen LogP) is 2.86. The molecule has 0 atom stereocenters. The second-order valence-electron chi connectivity index (χ2n) is 8.20. The van der Waals surface area contributed by atoms with Gasteiger partial charge in [0.2, 0.25) is 5.78 Å². The average Bonchev–Trinajstić information content (AvgIpc) is 3.46. The fourth-order valence-electron chi connectivity index (χ4n) is 4.41. The van der Waals surface area contributed by atoms with E-state index in [-0.39, 0.29) is 13.2 Å². The number of methoxy groups -OCH3 is 2. The Morgan fingerprint density at radius 2 is 1.78 bits per heavy atom. The molecular weight excluding hydrogens is 462 g/mol. The van der Waals surface area contributed by atoms with Crippen LogP contribution in [0.2, 0.25) is 0 Å². The normalized spacial score (nSPS) is 11.4. The lowest BCUT2D eigenvalue weighted by Crippen LogP contribution is -2.40. The van der Waals surface area contributed by atoms with Crippen molar-refractivity contribution in [3.8, 4) is 28.4 Å². The standard InChI is InChI=1S/C26H27N5O5/c1-5-36-14-13-29-24(32)22-23(28(2)26(29)33)27-25-30(22)16-20(17-9-7-6-8-10-17)31(25)19-12-11-18(34-3)15-21(19)35-4/h6-12,15-16H,5,13-14H2,1-4H3. The Kier molecular flexibility index (Phi) is 6.11. The minimum absolute atomic E-state index is 0.154. The topological polar surface area (TPSA) is 93.9 Å². The van der Waals surface area contributed by atoms with E-state index in [1.807, 2.05) is 60.2 Å².